The molecule has 3 heterocycles. The van der Waals surface area contributed by atoms with E-state index in [4.69, 9.17) is 10.6 Å². The molecule has 0 radical (unpaired) electrons. The number of rotatable bonds is 7. The number of amides is 1. The third kappa shape index (κ3) is 5.27. The van der Waals surface area contributed by atoms with Gasteiger partial charge in [-0.05, 0) is 82.8 Å². The van der Waals surface area contributed by atoms with Crippen molar-refractivity contribution in [3.8, 4) is 0 Å². The van der Waals surface area contributed by atoms with Crippen molar-refractivity contribution in [3.63, 3.8) is 0 Å². The number of primary amides is 1. The van der Waals surface area contributed by atoms with Crippen LogP contribution < -0.4 is 11.3 Å². The van der Waals surface area contributed by atoms with Crippen molar-refractivity contribution in [2.24, 2.45) is 22.7 Å². The molecule has 10 heteroatoms. The van der Waals surface area contributed by atoms with Crippen LogP contribution in [-0.4, -0.2) is 60.9 Å². The quantitative estimate of drug-likeness (QED) is 0.383. The summed E-state index contributed by atoms with van der Waals surface area (Å²) in [7, 11) is 0. The molecule has 4 fully saturated rings. The number of hydrogen-bond acceptors (Lipinski definition) is 7. The largest absolute Gasteiger partial charge is 0.476 e. The Labute approximate surface area is 239 Å². The van der Waals surface area contributed by atoms with Gasteiger partial charge < -0.3 is 20.2 Å². The molecule has 1 aromatic heterocycles. The Morgan fingerprint density at radius 3 is 2.20 bits per heavy atom. The van der Waals surface area contributed by atoms with Gasteiger partial charge in [0, 0.05) is 24.2 Å². The molecule has 5 atom stereocenters. The number of carboxylic acid groups (broad SMARTS) is 1. The zero-order chi connectivity index (χ0) is 28.9. The van der Waals surface area contributed by atoms with E-state index in [1.807, 2.05) is 18.2 Å². The minimum Gasteiger partial charge on any atom is -0.476 e. The topological polar surface area (TPSA) is 140 Å². The number of oxime groups is 1. The maximum atomic E-state index is 14.1. The molecule has 6 rings (SSSR count). The number of nitrogens with zero attached hydrogens (tertiary/aromatic N) is 4. The SMILES string of the molecule is CC(C)(ON=C(C(=O)O)c1nc2ccccc2n(C2C[C@H]3CC[C@@H](C2)N3C2CC3CCCCC(C3)C2)c1=O)C(N)=O. The summed E-state index contributed by atoms with van der Waals surface area (Å²) >= 11 is 0. The molecule has 1 aromatic carbocycles. The Morgan fingerprint density at radius 2 is 1.59 bits per heavy atom. The minimum absolute atomic E-state index is 0.0770. The van der Waals surface area contributed by atoms with E-state index in [1.54, 1.807) is 10.6 Å². The number of para-hydroxylation sites is 2. The van der Waals surface area contributed by atoms with E-state index in [-0.39, 0.29) is 11.7 Å². The molecule has 220 valence electrons. The van der Waals surface area contributed by atoms with Gasteiger partial charge in [0.2, 0.25) is 11.3 Å². The Hall–Kier alpha value is -3.27. The van der Waals surface area contributed by atoms with Gasteiger partial charge in [-0.25, -0.2) is 9.78 Å². The number of hydrogen-bond donors (Lipinski definition) is 2. The number of nitrogens with two attached hydrogens (primary N) is 1. The summed E-state index contributed by atoms with van der Waals surface area (Å²) < 4.78 is 1.75. The number of fused-ring (bicyclic) bond motifs is 5. The zero-order valence-corrected chi connectivity index (χ0v) is 24.0. The molecule has 2 aliphatic carbocycles. The van der Waals surface area contributed by atoms with E-state index in [9.17, 15) is 19.5 Å². The van der Waals surface area contributed by atoms with E-state index < -0.39 is 28.7 Å². The second kappa shape index (κ2) is 10.9. The number of carbonyl (C=O) groups is 2. The number of benzene rings is 1. The third-order valence-electron chi connectivity index (χ3n) is 10.1. The lowest BCUT2D eigenvalue weighted by molar-refractivity contribution is -0.140. The van der Waals surface area contributed by atoms with Crippen LogP contribution in [0.4, 0.5) is 0 Å². The molecule has 10 nitrogen and oxygen atoms in total. The average Bonchev–Trinajstić information content (AvgIpc) is 3.08. The lowest BCUT2D eigenvalue weighted by atomic mass is 9.76. The first kappa shape index (κ1) is 27.9. The molecule has 1 amide bonds. The summed E-state index contributed by atoms with van der Waals surface area (Å²) in [6.45, 7) is 2.77. The van der Waals surface area contributed by atoms with Gasteiger partial charge >= 0.3 is 5.97 Å². The van der Waals surface area contributed by atoms with Gasteiger partial charge in [-0.2, -0.15) is 0 Å². The van der Waals surface area contributed by atoms with Crippen LogP contribution >= 0.6 is 0 Å². The molecule has 3 unspecified atom stereocenters. The Bertz CT molecular complexity index is 1410. The van der Waals surface area contributed by atoms with Crippen LogP contribution in [0.15, 0.2) is 34.2 Å². The van der Waals surface area contributed by atoms with Crippen LogP contribution in [0.2, 0.25) is 0 Å². The Balaban J connectivity index is 1.34. The van der Waals surface area contributed by atoms with Gasteiger partial charge in [0.15, 0.2) is 5.69 Å². The van der Waals surface area contributed by atoms with Crippen molar-refractivity contribution >= 4 is 28.6 Å². The summed E-state index contributed by atoms with van der Waals surface area (Å²) in [6.07, 6.45) is 13.4. The fraction of sp³-hybridized carbons (Fsp3) is 0.645. The third-order valence-corrected chi connectivity index (χ3v) is 10.1. The van der Waals surface area contributed by atoms with E-state index >= 15 is 0 Å². The highest BCUT2D eigenvalue weighted by Gasteiger charge is 2.47. The predicted molar refractivity (Wildman–Crippen MR) is 155 cm³/mol. The standard InChI is InChI=1S/C31H41N5O5/c1-31(2,30(32)40)41-34-27(29(38)39)26-28(37)36(25-10-6-5-9-24(25)33-26)23-16-20-11-12-21(17-23)35(20)22-14-18-7-3-4-8-19(13-18)15-22/h5-6,9-10,18-23H,3-4,7-8,11-17H2,1-2H3,(H2,32,40)(H,38,39)/t18?,19?,20-,21+,22?,23?. The van der Waals surface area contributed by atoms with Crippen molar-refractivity contribution in [1.82, 2.24) is 14.5 Å². The summed E-state index contributed by atoms with van der Waals surface area (Å²) in [5.74, 6) is -0.578. The van der Waals surface area contributed by atoms with Crippen LogP contribution in [-0.2, 0) is 14.4 Å². The monoisotopic (exact) mass is 563 g/mol. The second-order valence-corrected chi connectivity index (χ2v) is 13.2. The normalized spacial score (nSPS) is 30.6. The van der Waals surface area contributed by atoms with Crippen molar-refractivity contribution in [1.29, 1.82) is 0 Å². The maximum absolute atomic E-state index is 14.1. The van der Waals surface area contributed by atoms with Crippen LogP contribution in [0.25, 0.3) is 11.0 Å². The van der Waals surface area contributed by atoms with Gasteiger partial charge in [-0.3, -0.25) is 14.5 Å². The highest BCUT2D eigenvalue weighted by atomic mass is 16.7. The summed E-state index contributed by atoms with van der Waals surface area (Å²) in [5, 5.41) is 13.7. The van der Waals surface area contributed by atoms with Gasteiger partial charge in [-0.1, -0.05) is 43.0 Å². The van der Waals surface area contributed by atoms with E-state index in [0.717, 1.165) is 37.5 Å². The molecular formula is C31H41N5O5. The molecule has 2 aliphatic heterocycles. The zero-order valence-electron chi connectivity index (χ0n) is 24.0. The molecule has 2 aromatic rings. The number of aromatic nitrogens is 2. The second-order valence-electron chi connectivity index (χ2n) is 13.2. The molecule has 2 saturated heterocycles. The Morgan fingerprint density at radius 1 is 0.951 bits per heavy atom. The first-order valence-electron chi connectivity index (χ1n) is 15.2. The number of carboxylic acids is 1. The smallest absolute Gasteiger partial charge is 0.360 e. The molecule has 4 aliphatic rings. The van der Waals surface area contributed by atoms with Crippen LogP contribution in [0.5, 0.6) is 0 Å². The average molecular weight is 564 g/mol. The van der Waals surface area contributed by atoms with E-state index in [1.165, 1.54) is 58.8 Å². The minimum atomic E-state index is -1.56. The van der Waals surface area contributed by atoms with Gasteiger partial charge in [0.05, 0.1) is 11.0 Å². The van der Waals surface area contributed by atoms with E-state index in [2.05, 4.69) is 15.0 Å². The summed E-state index contributed by atoms with van der Waals surface area (Å²) in [4.78, 5) is 50.5. The molecule has 0 spiro atoms. The van der Waals surface area contributed by atoms with Crippen molar-refractivity contribution in [2.75, 3.05) is 0 Å². The first-order valence-corrected chi connectivity index (χ1v) is 15.2. The maximum Gasteiger partial charge on any atom is 0.360 e. The number of aliphatic carboxylic acids is 1. The van der Waals surface area contributed by atoms with Gasteiger partial charge in [0.25, 0.3) is 11.5 Å². The summed E-state index contributed by atoms with van der Waals surface area (Å²) in [6, 6.07) is 8.72. The predicted octanol–water partition coefficient (Wildman–Crippen LogP) is 3.99. The first-order chi connectivity index (χ1) is 19.6. The molecule has 4 bridgehead atoms. The lowest BCUT2D eigenvalue weighted by Crippen LogP contribution is -2.52. The molecule has 41 heavy (non-hydrogen) atoms. The van der Waals surface area contributed by atoms with Crippen molar-refractivity contribution in [2.45, 2.75) is 114 Å². The van der Waals surface area contributed by atoms with Gasteiger partial charge in [-0.15, -0.1) is 0 Å². The van der Waals surface area contributed by atoms with E-state index in [0.29, 0.717) is 29.2 Å². The highest BCUT2D eigenvalue weighted by Crippen LogP contribution is 2.48. The lowest BCUT2D eigenvalue weighted by Gasteiger charge is -2.48. The summed E-state index contributed by atoms with van der Waals surface area (Å²) in [5.41, 5.74) is 3.55. The number of carbonyl (C=O) groups excluding carboxylic acids is 1. The van der Waals surface area contributed by atoms with Crippen LogP contribution in [0.1, 0.15) is 96.2 Å². The Kier molecular flexibility index (Phi) is 7.38. The van der Waals surface area contributed by atoms with Crippen LogP contribution in [0, 0.1) is 11.8 Å². The number of piperidine rings is 1. The van der Waals surface area contributed by atoms with Crippen molar-refractivity contribution < 1.29 is 19.5 Å². The van der Waals surface area contributed by atoms with Crippen LogP contribution in [0.3, 0.4) is 0 Å². The fourth-order valence-electron chi connectivity index (χ4n) is 8.16. The molecular weight excluding hydrogens is 522 g/mol. The van der Waals surface area contributed by atoms with Gasteiger partial charge in [0.1, 0.15) is 0 Å². The molecule has 2 saturated carbocycles. The fourth-order valence-corrected chi connectivity index (χ4v) is 8.16. The highest BCUT2D eigenvalue weighted by molar-refractivity contribution is 6.41. The van der Waals surface area contributed by atoms with Crippen molar-refractivity contribution in [3.05, 3.63) is 40.3 Å². The molecule has 3 N–H and O–H groups in total.